The Hall–Kier alpha value is -2.76. The number of benzene rings is 2. The van der Waals surface area contributed by atoms with E-state index in [4.69, 9.17) is 15.2 Å². The van der Waals surface area contributed by atoms with Crippen molar-refractivity contribution in [3.05, 3.63) is 59.3 Å². The molecule has 4 rings (SSSR count). The molecular weight excluding hydrogens is 516 g/mol. The number of nitrogens with two attached hydrogens (primary N) is 1. The third-order valence-corrected chi connectivity index (χ3v) is 9.30. The van der Waals surface area contributed by atoms with Crippen LogP contribution in [-0.4, -0.2) is 75.9 Å². The molecule has 1 aliphatic heterocycles. The van der Waals surface area contributed by atoms with E-state index in [1.165, 1.54) is 0 Å². The lowest BCUT2D eigenvalue weighted by Crippen LogP contribution is -2.39. The largest absolute Gasteiger partial charge is 0.385 e. The number of hydrogen-bond donors (Lipinski definition) is 3. The molecule has 0 atom stereocenters. The van der Waals surface area contributed by atoms with Crippen molar-refractivity contribution in [1.29, 1.82) is 0 Å². The van der Waals surface area contributed by atoms with Crippen molar-refractivity contribution in [2.24, 2.45) is 5.73 Å². The van der Waals surface area contributed by atoms with Crippen LogP contribution in [0.4, 0.5) is 0 Å². The third-order valence-electron chi connectivity index (χ3n) is 7.34. The molecule has 10 heteroatoms. The number of carbonyl (C=O) groups is 1. The van der Waals surface area contributed by atoms with Crippen LogP contribution in [0.25, 0.3) is 22.0 Å². The summed E-state index contributed by atoms with van der Waals surface area (Å²) in [5, 5.41) is 4.35. The lowest BCUT2D eigenvalue weighted by Gasteiger charge is -2.31. The Balaban J connectivity index is 1.55. The summed E-state index contributed by atoms with van der Waals surface area (Å²) in [7, 11) is -1.72. The van der Waals surface area contributed by atoms with E-state index in [-0.39, 0.29) is 11.7 Å². The van der Waals surface area contributed by atoms with Gasteiger partial charge in [0.1, 0.15) is 0 Å². The van der Waals surface area contributed by atoms with Crippen LogP contribution >= 0.6 is 0 Å². The van der Waals surface area contributed by atoms with Crippen molar-refractivity contribution in [2.45, 2.75) is 38.6 Å². The van der Waals surface area contributed by atoms with Crippen molar-refractivity contribution < 1.29 is 22.7 Å². The molecule has 3 aromatic rings. The zero-order chi connectivity index (χ0) is 27.8. The molecule has 0 radical (unpaired) electrons. The molecule has 0 unspecified atom stereocenters. The Labute approximate surface area is 231 Å². The van der Waals surface area contributed by atoms with E-state index >= 15 is 0 Å². The van der Waals surface area contributed by atoms with Gasteiger partial charge in [0.25, 0.3) is 5.91 Å². The summed E-state index contributed by atoms with van der Waals surface area (Å²) >= 11 is 0. The van der Waals surface area contributed by atoms with E-state index in [0.29, 0.717) is 51.4 Å². The summed E-state index contributed by atoms with van der Waals surface area (Å²) in [4.78, 5) is 15.7. The van der Waals surface area contributed by atoms with Crippen LogP contribution in [0, 0.1) is 0 Å². The number of methoxy groups -OCH3 is 1. The number of aromatic nitrogens is 1. The Morgan fingerprint density at radius 1 is 1.15 bits per heavy atom. The zero-order valence-corrected chi connectivity index (χ0v) is 23.7. The van der Waals surface area contributed by atoms with Crippen LogP contribution in [0.2, 0.25) is 0 Å². The van der Waals surface area contributed by atoms with E-state index in [0.717, 1.165) is 52.5 Å². The van der Waals surface area contributed by atoms with Crippen molar-refractivity contribution in [2.75, 3.05) is 52.3 Å². The zero-order valence-electron chi connectivity index (χ0n) is 22.9. The van der Waals surface area contributed by atoms with Gasteiger partial charge in [0.2, 0.25) is 10.0 Å². The molecule has 4 N–H and O–H groups in total. The van der Waals surface area contributed by atoms with E-state index in [1.54, 1.807) is 11.4 Å². The number of fused-ring (bicyclic) bond motifs is 1. The van der Waals surface area contributed by atoms with Gasteiger partial charge in [-0.05, 0) is 72.6 Å². The van der Waals surface area contributed by atoms with E-state index in [9.17, 15) is 13.2 Å². The standard InChI is InChI=1S/C29H40N4O5S/c1-3-38-14-10-31-19-21-6-4-7-23(16-21)24-17-25-27(20-32-28(25)26(18-24)29(30)34)22-8-11-33(12-9-22)39(35,36)15-5-13-37-2/h4,6-7,16-18,20,22,31-32H,3,5,8-15,19H2,1-2H3,(H2,30,34). The van der Waals surface area contributed by atoms with E-state index < -0.39 is 15.9 Å². The number of H-pyrrole nitrogens is 1. The topological polar surface area (TPSA) is 127 Å². The number of aromatic amines is 1. The van der Waals surface area contributed by atoms with Gasteiger partial charge in [0, 0.05) is 58.1 Å². The minimum atomic E-state index is -3.29. The number of nitrogens with one attached hydrogen (secondary N) is 2. The average Bonchev–Trinajstić information content (AvgIpc) is 3.37. The fraction of sp³-hybridized carbons (Fsp3) is 0.483. The maximum Gasteiger partial charge on any atom is 0.250 e. The van der Waals surface area contributed by atoms with Crippen molar-refractivity contribution in [3.63, 3.8) is 0 Å². The second-order valence-corrected chi connectivity index (χ2v) is 12.1. The number of ether oxygens (including phenoxy) is 2. The predicted octanol–water partition coefficient (Wildman–Crippen LogP) is 3.61. The third kappa shape index (κ3) is 7.26. The molecule has 1 amide bonds. The van der Waals surface area contributed by atoms with Crippen LogP contribution in [-0.2, 0) is 26.0 Å². The van der Waals surface area contributed by atoms with Gasteiger partial charge in [-0.2, -0.15) is 0 Å². The van der Waals surface area contributed by atoms with Crippen molar-refractivity contribution in [3.8, 4) is 11.1 Å². The van der Waals surface area contributed by atoms with Gasteiger partial charge in [0.15, 0.2) is 0 Å². The number of piperidine rings is 1. The second-order valence-electron chi connectivity index (χ2n) is 9.96. The number of sulfonamides is 1. The molecule has 0 aliphatic carbocycles. The maximum atomic E-state index is 12.7. The van der Waals surface area contributed by atoms with Gasteiger partial charge < -0.3 is 25.5 Å². The molecule has 2 aromatic carbocycles. The highest BCUT2D eigenvalue weighted by Crippen LogP contribution is 2.37. The monoisotopic (exact) mass is 556 g/mol. The summed E-state index contributed by atoms with van der Waals surface area (Å²) in [5.41, 5.74) is 11.1. The van der Waals surface area contributed by atoms with Gasteiger partial charge in [-0.25, -0.2) is 12.7 Å². The first-order chi connectivity index (χ1) is 18.8. The van der Waals surface area contributed by atoms with Crippen molar-refractivity contribution >= 4 is 26.8 Å². The molecule has 1 fully saturated rings. The molecule has 0 spiro atoms. The van der Waals surface area contributed by atoms with Crippen LogP contribution in [0.1, 0.15) is 53.6 Å². The molecule has 9 nitrogen and oxygen atoms in total. The molecule has 1 aliphatic rings. The summed E-state index contributed by atoms with van der Waals surface area (Å²) in [5.74, 6) is -0.202. The Morgan fingerprint density at radius 3 is 2.67 bits per heavy atom. The first kappa shape index (κ1) is 29.2. The number of hydrogen-bond acceptors (Lipinski definition) is 6. The minimum Gasteiger partial charge on any atom is -0.385 e. The number of amides is 1. The number of carbonyl (C=O) groups excluding carboxylic acids is 1. The Kier molecular flexibility index (Phi) is 10.1. The van der Waals surface area contributed by atoms with Gasteiger partial charge >= 0.3 is 0 Å². The molecule has 1 saturated heterocycles. The second kappa shape index (κ2) is 13.5. The Morgan fingerprint density at radius 2 is 1.95 bits per heavy atom. The van der Waals surface area contributed by atoms with E-state index in [2.05, 4.69) is 28.5 Å². The number of primary amides is 1. The number of nitrogens with zero attached hydrogens (tertiary/aromatic N) is 1. The van der Waals surface area contributed by atoms with Crippen LogP contribution in [0.15, 0.2) is 42.6 Å². The van der Waals surface area contributed by atoms with Gasteiger partial charge in [-0.1, -0.05) is 18.2 Å². The summed E-state index contributed by atoms with van der Waals surface area (Å²) in [6, 6.07) is 12.2. The van der Waals surface area contributed by atoms with Gasteiger partial charge in [-0.15, -0.1) is 0 Å². The highest BCUT2D eigenvalue weighted by atomic mass is 32.2. The predicted molar refractivity (Wildman–Crippen MR) is 154 cm³/mol. The summed E-state index contributed by atoms with van der Waals surface area (Å²) < 4.78 is 37.5. The highest BCUT2D eigenvalue weighted by Gasteiger charge is 2.30. The quantitative estimate of drug-likeness (QED) is 0.261. The summed E-state index contributed by atoms with van der Waals surface area (Å²) in [6.07, 6.45) is 3.88. The first-order valence-electron chi connectivity index (χ1n) is 13.6. The highest BCUT2D eigenvalue weighted by molar-refractivity contribution is 7.89. The van der Waals surface area contributed by atoms with Gasteiger partial charge in [-0.3, -0.25) is 4.79 Å². The lowest BCUT2D eigenvalue weighted by atomic mass is 9.88. The first-order valence-corrected chi connectivity index (χ1v) is 15.2. The van der Waals surface area contributed by atoms with Crippen LogP contribution in [0.3, 0.4) is 0 Å². The fourth-order valence-electron chi connectivity index (χ4n) is 5.29. The molecular formula is C29H40N4O5S. The molecule has 1 aromatic heterocycles. The summed E-state index contributed by atoms with van der Waals surface area (Å²) in [6.45, 7) is 6.24. The smallest absolute Gasteiger partial charge is 0.250 e. The maximum absolute atomic E-state index is 12.7. The van der Waals surface area contributed by atoms with Gasteiger partial charge in [0.05, 0.1) is 23.4 Å². The molecule has 212 valence electrons. The normalized spacial score (nSPS) is 15.2. The molecule has 0 saturated carbocycles. The van der Waals surface area contributed by atoms with Crippen LogP contribution in [0.5, 0.6) is 0 Å². The molecule has 39 heavy (non-hydrogen) atoms. The van der Waals surface area contributed by atoms with Crippen LogP contribution < -0.4 is 11.1 Å². The fourth-order valence-corrected chi connectivity index (χ4v) is 6.80. The number of rotatable bonds is 14. The van der Waals surface area contributed by atoms with Crippen molar-refractivity contribution in [1.82, 2.24) is 14.6 Å². The lowest BCUT2D eigenvalue weighted by molar-refractivity contribution is 0.100. The average molecular weight is 557 g/mol. The van der Waals surface area contributed by atoms with E-state index in [1.807, 2.05) is 31.3 Å². The Bertz CT molecular complexity index is 1360. The molecule has 2 heterocycles. The minimum absolute atomic E-state index is 0.102. The molecule has 0 bridgehead atoms. The SMILES string of the molecule is CCOCCNCc1cccc(-c2cc(C(N)=O)c3[nH]cc(C4CCN(S(=O)(=O)CCCOC)CC4)c3c2)c1.